The summed E-state index contributed by atoms with van der Waals surface area (Å²) in [6.07, 6.45) is 4.33. The molecule has 104 valence electrons. The van der Waals surface area contributed by atoms with Gasteiger partial charge in [0.1, 0.15) is 0 Å². The summed E-state index contributed by atoms with van der Waals surface area (Å²) in [4.78, 5) is 0. The van der Waals surface area contributed by atoms with Crippen molar-refractivity contribution in [2.45, 2.75) is 0 Å². The van der Waals surface area contributed by atoms with Crippen LogP contribution < -0.4 is 0 Å². The van der Waals surface area contributed by atoms with E-state index in [0.717, 1.165) is 0 Å². The van der Waals surface area contributed by atoms with Crippen LogP contribution in [0.3, 0.4) is 0 Å². The molecule has 0 saturated heterocycles. The van der Waals surface area contributed by atoms with Gasteiger partial charge in [0.25, 0.3) is 0 Å². The van der Waals surface area contributed by atoms with Crippen LogP contribution >= 0.6 is 0 Å². The second kappa shape index (κ2) is 5.50. The van der Waals surface area contributed by atoms with Gasteiger partial charge in [0.2, 0.25) is 0 Å². The van der Waals surface area contributed by atoms with Crippen LogP contribution in [-0.2, 0) is 0 Å². The summed E-state index contributed by atoms with van der Waals surface area (Å²) in [6.45, 7) is 0. The molecular formula is C22H16. The van der Waals surface area contributed by atoms with Crippen molar-refractivity contribution in [1.29, 1.82) is 0 Å². The highest BCUT2D eigenvalue weighted by Crippen LogP contribution is 2.24. The largest absolute Gasteiger partial charge is 0.0622 e. The highest BCUT2D eigenvalue weighted by atomic mass is 14.0. The molecule has 0 heterocycles. The Morgan fingerprint density at radius 2 is 1.00 bits per heavy atom. The maximum atomic E-state index is 2.27. The topological polar surface area (TPSA) is 0 Å². The average molecular weight is 280 g/mol. The standard InChI is InChI=1S/C22H16/c1-2-6-17(7-3-1)10-11-18-12-13-21-15-19-8-4-5-9-20(19)16-22(21)14-18/h1-16H/b11-10+. The Balaban J connectivity index is 1.76. The number of rotatable bonds is 2. The first kappa shape index (κ1) is 12.8. The second-order valence-electron chi connectivity index (χ2n) is 5.55. The van der Waals surface area contributed by atoms with Crippen molar-refractivity contribution in [3.8, 4) is 0 Å². The molecule has 22 heavy (non-hydrogen) atoms. The van der Waals surface area contributed by atoms with Crippen molar-refractivity contribution in [2.75, 3.05) is 0 Å². The van der Waals surface area contributed by atoms with Gasteiger partial charge >= 0.3 is 0 Å². The third-order valence-corrected chi connectivity index (χ3v) is 4.00. The van der Waals surface area contributed by atoms with E-state index in [4.69, 9.17) is 0 Å². The molecule has 0 spiro atoms. The summed E-state index contributed by atoms with van der Waals surface area (Å²) in [5, 5.41) is 5.16. The predicted molar refractivity (Wildman–Crippen MR) is 96.8 cm³/mol. The molecule has 0 heteroatoms. The molecule has 4 rings (SSSR count). The fourth-order valence-corrected chi connectivity index (χ4v) is 2.82. The maximum absolute atomic E-state index is 2.27. The van der Waals surface area contributed by atoms with Crippen molar-refractivity contribution < 1.29 is 0 Å². The Bertz CT molecular complexity index is 963. The average Bonchev–Trinajstić information content (AvgIpc) is 2.59. The molecule has 0 aliphatic rings. The minimum Gasteiger partial charge on any atom is -0.0622 e. The molecule has 0 saturated carbocycles. The zero-order chi connectivity index (χ0) is 14.8. The second-order valence-corrected chi connectivity index (χ2v) is 5.55. The van der Waals surface area contributed by atoms with E-state index in [1.54, 1.807) is 0 Å². The lowest BCUT2D eigenvalue weighted by Crippen LogP contribution is -1.78. The summed E-state index contributed by atoms with van der Waals surface area (Å²) < 4.78 is 0. The summed E-state index contributed by atoms with van der Waals surface area (Å²) in [5.41, 5.74) is 2.45. The highest BCUT2D eigenvalue weighted by molar-refractivity contribution is 5.99. The van der Waals surface area contributed by atoms with Crippen LogP contribution in [-0.4, -0.2) is 0 Å². The van der Waals surface area contributed by atoms with Gasteiger partial charge in [0, 0.05) is 0 Å². The van der Waals surface area contributed by atoms with Gasteiger partial charge in [-0.1, -0.05) is 78.9 Å². The predicted octanol–water partition coefficient (Wildman–Crippen LogP) is 6.16. The molecule has 0 aliphatic heterocycles. The van der Waals surface area contributed by atoms with E-state index in [9.17, 15) is 0 Å². The molecular weight excluding hydrogens is 264 g/mol. The van der Waals surface area contributed by atoms with Crippen LogP contribution in [0.2, 0.25) is 0 Å². The quantitative estimate of drug-likeness (QED) is 0.304. The van der Waals surface area contributed by atoms with Gasteiger partial charge in [-0.2, -0.15) is 0 Å². The van der Waals surface area contributed by atoms with Crippen LogP contribution in [0.4, 0.5) is 0 Å². The van der Waals surface area contributed by atoms with Gasteiger partial charge in [-0.15, -0.1) is 0 Å². The van der Waals surface area contributed by atoms with E-state index in [-0.39, 0.29) is 0 Å². The van der Waals surface area contributed by atoms with Crippen LogP contribution in [0, 0.1) is 0 Å². The molecule has 0 amide bonds. The van der Waals surface area contributed by atoms with E-state index in [1.807, 2.05) is 6.07 Å². The summed E-state index contributed by atoms with van der Waals surface area (Å²) >= 11 is 0. The third kappa shape index (κ3) is 2.51. The van der Waals surface area contributed by atoms with Crippen LogP contribution in [0.15, 0.2) is 84.9 Å². The van der Waals surface area contributed by atoms with Gasteiger partial charge in [0.15, 0.2) is 0 Å². The zero-order valence-electron chi connectivity index (χ0n) is 12.2. The van der Waals surface area contributed by atoms with Gasteiger partial charge in [-0.3, -0.25) is 0 Å². The van der Waals surface area contributed by atoms with E-state index in [1.165, 1.54) is 32.7 Å². The summed E-state index contributed by atoms with van der Waals surface area (Å²) in [5.74, 6) is 0. The SMILES string of the molecule is C(=C\c1ccc2cc3ccccc3cc2c1)/c1ccccc1. The summed E-state index contributed by atoms with van der Waals surface area (Å²) in [6, 6.07) is 30.1. The van der Waals surface area contributed by atoms with Crippen LogP contribution in [0.5, 0.6) is 0 Å². The van der Waals surface area contributed by atoms with E-state index < -0.39 is 0 Å². The fraction of sp³-hybridized carbons (Fsp3) is 0. The molecule has 0 nitrogen and oxygen atoms in total. The molecule has 0 radical (unpaired) electrons. The molecule has 0 aromatic heterocycles. The lowest BCUT2D eigenvalue weighted by molar-refractivity contribution is 1.66. The van der Waals surface area contributed by atoms with Gasteiger partial charge < -0.3 is 0 Å². The normalized spacial score (nSPS) is 11.5. The number of hydrogen-bond acceptors (Lipinski definition) is 0. The van der Waals surface area contributed by atoms with E-state index in [2.05, 4.69) is 91.0 Å². The molecule has 0 bridgehead atoms. The van der Waals surface area contributed by atoms with Crippen molar-refractivity contribution in [1.82, 2.24) is 0 Å². The Morgan fingerprint density at radius 3 is 1.77 bits per heavy atom. The third-order valence-electron chi connectivity index (χ3n) is 4.00. The van der Waals surface area contributed by atoms with Crippen molar-refractivity contribution in [2.24, 2.45) is 0 Å². The van der Waals surface area contributed by atoms with Crippen LogP contribution in [0.25, 0.3) is 33.7 Å². The molecule has 0 fully saturated rings. The van der Waals surface area contributed by atoms with Gasteiger partial charge in [-0.05, 0) is 50.9 Å². The molecule has 4 aromatic carbocycles. The first-order chi connectivity index (χ1) is 10.9. The minimum absolute atomic E-state index is 1.22. The smallest absolute Gasteiger partial charge is 0.0172 e. The number of benzene rings is 4. The van der Waals surface area contributed by atoms with Crippen molar-refractivity contribution >= 4 is 33.7 Å². The Labute approximate surface area is 130 Å². The van der Waals surface area contributed by atoms with Gasteiger partial charge in [0.05, 0.1) is 0 Å². The molecule has 4 aromatic rings. The van der Waals surface area contributed by atoms with Crippen molar-refractivity contribution in [3.63, 3.8) is 0 Å². The number of hydrogen-bond donors (Lipinski definition) is 0. The zero-order valence-corrected chi connectivity index (χ0v) is 12.2. The fourth-order valence-electron chi connectivity index (χ4n) is 2.82. The number of fused-ring (bicyclic) bond motifs is 2. The monoisotopic (exact) mass is 280 g/mol. The minimum atomic E-state index is 1.22. The molecule has 0 unspecified atom stereocenters. The van der Waals surface area contributed by atoms with E-state index >= 15 is 0 Å². The Morgan fingerprint density at radius 1 is 0.409 bits per heavy atom. The molecule has 0 aliphatic carbocycles. The lowest BCUT2D eigenvalue weighted by Gasteiger charge is -2.03. The highest BCUT2D eigenvalue weighted by Gasteiger charge is 1.98. The molecule has 0 N–H and O–H groups in total. The summed E-state index contributed by atoms with van der Waals surface area (Å²) in [7, 11) is 0. The van der Waals surface area contributed by atoms with Crippen LogP contribution in [0.1, 0.15) is 11.1 Å². The van der Waals surface area contributed by atoms with Crippen molar-refractivity contribution in [3.05, 3.63) is 96.1 Å². The van der Waals surface area contributed by atoms with Gasteiger partial charge in [-0.25, -0.2) is 0 Å². The maximum Gasteiger partial charge on any atom is -0.0172 e. The Kier molecular flexibility index (Phi) is 3.21. The first-order valence-electron chi connectivity index (χ1n) is 7.54. The van der Waals surface area contributed by atoms with E-state index in [0.29, 0.717) is 0 Å². The lowest BCUT2D eigenvalue weighted by atomic mass is 10.0. The molecule has 0 atom stereocenters. The first-order valence-corrected chi connectivity index (χ1v) is 7.54. The Hall–Kier alpha value is -2.86.